The molecule has 2 aromatic heterocycles. The highest BCUT2D eigenvalue weighted by atomic mass is 32.2. The van der Waals surface area contributed by atoms with Gasteiger partial charge in [-0.3, -0.25) is 4.57 Å². The summed E-state index contributed by atoms with van der Waals surface area (Å²) < 4.78 is 7.83. The predicted octanol–water partition coefficient (Wildman–Crippen LogP) is 4.32. The van der Waals surface area contributed by atoms with Gasteiger partial charge in [0.15, 0.2) is 10.7 Å². The van der Waals surface area contributed by atoms with Gasteiger partial charge in [0.05, 0.1) is 5.75 Å². The average molecular weight is 336 g/mol. The van der Waals surface area contributed by atoms with Gasteiger partial charge in [-0.1, -0.05) is 36.0 Å². The highest BCUT2D eigenvalue weighted by Gasteiger charge is 2.13. The topological polar surface area (TPSA) is 56.7 Å². The van der Waals surface area contributed by atoms with Crippen LogP contribution in [0.3, 0.4) is 0 Å². The summed E-state index contributed by atoms with van der Waals surface area (Å²) in [6, 6.07) is 16.1. The number of fused-ring (bicyclic) bond motifs is 1. The maximum Gasteiger partial charge on any atom is 0.205 e. The number of nitrogens with zero attached hydrogens (tertiary/aromatic N) is 4. The molecule has 0 aliphatic carbocycles. The Balaban J connectivity index is 1.61. The lowest BCUT2D eigenvalue weighted by Crippen LogP contribution is -1.99. The van der Waals surface area contributed by atoms with E-state index in [9.17, 15) is 0 Å². The molecular formula is C18H16N4OS. The zero-order chi connectivity index (χ0) is 16.5. The molecule has 4 aromatic rings. The van der Waals surface area contributed by atoms with E-state index in [-0.39, 0.29) is 0 Å². The van der Waals surface area contributed by atoms with Crippen LogP contribution in [0.5, 0.6) is 0 Å². The fourth-order valence-corrected chi connectivity index (χ4v) is 3.45. The average Bonchev–Trinajstić information content (AvgIpc) is 3.15. The summed E-state index contributed by atoms with van der Waals surface area (Å²) >= 11 is 1.57. The fourth-order valence-electron chi connectivity index (χ4n) is 2.61. The van der Waals surface area contributed by atoms with E-state index in [0.717, 1.165) is 27.8 Å². The van der Waals surface area contributed by atoms with Crippen LogP contribution in [0, 0.1) is 13.8 Å². The quantitative estimate of drug-likeness (QED) is 0.520. The molecule has 0 saturated heterocycles. The van der Waals surface area contributed by atoms with E-state index < -0.39 is 0 Å². The molecule has 0 saturated carbocycles. The maximum atomic E-state index is 5.77. The van der Waals surface area contributed by atoms with Crippen LogP contribution >= 0.6 is 11.8 Å². The van der Waals surface area contributed by atoms with Gasteiger partial charge in [-0.05, 0) is 43.7 Å². The van der Waals surface area contributed by atoms with E-state index in [1.807, 2.05) is 37.3 Å². The van der Waals surface area contributed by atoms with Crippen molar-refractivity contribution in [3.05, 3.63) is 65.8 Å². The summed E-state index contributed by atoms with van der Waals surface area (Å²) in [7, 11) is 0. The first-order valence-electron chi connectivity index (χ1n) is 7.67. The van der Waals surface area contributed by atoms with Crippen molar-refractivity contribution in [1.82, 2.24) is 19.7 Å². The molecule has 0 fully saturated rings. The zero-order valence-corrected chi connectivity index (χ0v) is 14.2. The lowest BCUT2D eigenvalue weighted by atomic mass is 10.2. The SMILES string of the molecule is Cc1cccc(-n2c(C)nnc2SCc2nc3ccccc3o2)c1. The molecule has 24 heavy (non-hydrogen) atoms. The molecule has 0 amide bonds. The minimum absolute atomic E-state index is 0.610. The standard InChI is InChI=1S/C18H16N4OS/c1-12-6-5-7-14(10-12)22-13(2)20-21-18(22)24-11-17-19-15-8-3-4-9-16(15)23-17/h3-10H,11H2,1-2H3. The number of rotatable bonds is 4. The van der Waals surface area contributed by atoms with Gasteiger partial charge in [0, 0.05) is 5.69 Å². The molecule has 0 spiro atoms. The zero-order valence-electron chi connectivity index (χ0n) is 13.4. The van der Waals surface area contributed by atoms with Gasteiger partial charge in [0.1, 0.15) is 11.3 Å². The third-order valence-corrected chi connectivity index (χ3v) is 4.63. The lowest BCUT2D eigenvalue weighted by molar-refractivity contribution is 0.556. The molecule has 4 rings (SSSR count). The van der Waals surface area contributed by atoms with E-state index in [0.29, 0.717) is 11.6 Å². The van der Waals surface area contributed by atoms with Crippen molar-refractivity contribution in [3.8, 4) is 5.69 Å². The van der Waals surface area contributed by atoms with Crippen molar-refractivity contribution in [2.45, 2.75) is 24.8 Å². The monoisotopic (exact) mass is 336 g/mol. The van der Waals surface area contributed by atoms with Crippen LogP contribution in [0.15, 0.2) is 58.1 Å². The van der Waals surface area contributed by atoms with Crippen molar-refractivity contribution >= 4 is 22.9 Å². The molecule has 6 heteroatoms. The minimum atomic E-state index is 0.610. The van der Waals surface area contributed by atoms with Gasteiger partial charge in [-0.15, -0.1) is 10.2 Å². The van der Waals surface area contributed by atoms with Crippen molar-refractivity contribution in [1.29, 1.82) is 0 Å². The summed E-state index contributed by atoms with van der Waals surface area (Å²) in [5.41, 5.74) is 3.96. The van der Waals surface area contributed by atoms with Crippen LogP contribution in [0.2, 0.25) is 0 Å². The van der Waals surface area contributed by atoms with Crippen LogP contribution < -0.4 is 0 Å². The number of para-hydroxylation sites is 2. The number of oxazole rings is 1. The van der Waals surface area contributed by atoms with E-state index in [1.165, 1.54) is 5.56 Å². The van der Waals surface area contributed by atoms with E-state index in [1.54, 1.807) is 11.8 Å². The first-order valence-corrected chi connectivity index (χ1v) is 8.65. The molecular weight excluding hydrogens is 320 g/mol. The third-order valence-electron chi connectivity index (χ3n) is 3.72. The summed E-state index contributed by atoms with van der Waals surface area (Å²) in [4.78, 5) is 4.51. The summed E-state index contributed by atoms with van der Waals surface area (Å²) in [5.74, 6) is 2.16. The number of aromatic nitrogens is 4. The second kappa shape index (κ2) is 6.13. The smallest absolute Gasteiger partial charge is 0.205 e. The molecule has 5 nitrogen and oxygen atoms in total. The van der Waals surface area contributed by atoms with E-state index in [2.05, 4.69) is 44.9 Å². The summed E-state index contributed by atoms with van der Waals surface area (Å²) in [6.45, 7) is 4.03. The molecule has 0 radical (unpaired) electrons. The molecule has 0 atom stereocenters. The number of aryl methyl sites for hydroxylation is 2. The van der Waals surface area contributed by atoms with Crippen LogP contribution in [0.4, 0.5) is 0 Å². The van der Waals surface area contributed by atoms with Gasteiger partial charge in [0.25, 0.3) is 0 Å². The Morgan fingerprint density at radius 3 is 2.75 bits per heavy atom. The highest BCUT2D eigenvalue weighted by molar-refractivity contribution is 7.98. The Morgan fingerprint density at radius 2 is 1.92 bits per heavy atom. The lowest BCUT2D eigenvalue weighted by Gasteiger charge is -2.08. The van der Waals surface area contributed by atoms with Gasteiger partial charge in [-0.2, -0.15) is 0 Å². The Bertz CT molecular complexity index is 972. The van der Waals surface area contributed by atoms with E-state index in [4.69, 9.17) is 4.42 Å². The van der Waals surface area contributed by atoms with Crippen molar-refractivity contribution in [3.63, 3.8) is 0 Å². The molecule has 0 unspecified atom stereocenters. The Morgan fingerprint density at radius 1 is 1.04 bits per heavy atom. The Labute approximate surface area is 143 Å². The Hall–Kier alpha value is -2.60. The largest absolute Gasteiger partial charge is 0.440 e. The molecule has 0 bridgehead atoms. The minimum Gasteiger partial charge on any atom is -0.440 e. The second-order valence-electron chi connectivity index (χ2n) is 5.57. The normalized spacial score (nSPS) is 11.2. The fraction of sp³-hybridized carbons (Fsp3) is 0.167. The number of hydrogen-bond acceptors (Lipinski definition) is 5. The molecule has 0 N–H and O–H groups in total. The van der Waals surface area contributed by atoms with Crippen LogP contribution in [0.25, 0.3) is 16.8 Å². The first-order chi connectivity index (χ1) is 11.7. The highest BCUT2D eigenvalue weighted by Crippen LogP contribution is 2.26. The Kier molecular flexibility index (Phi) is 3.82. The molecule has 0 aliphatic rings. The number of thioether (sulfide) groups is 1. The van der Waals surface area contributed by atoms with Gasteiger partial charge >= 0.3 is 0 Å². The molecule has 2 aromatic carbocycles. The van der Waals surface area contributed by atoms with Crippen molar-refractivity contribution < 1.29 is 4.42 Å². The van der Waals surface area contributed by atoms with Gasteiger partial charge < -0.3 is 4.42 Å². The van der Waals surface area contributed by atoms with Crippen LogP contribution in [0.1, 0.15) is 17.3 Å². The van der Waals surface area contributed by atoms with Crippen molar-refractivity contribution in [2.75, 3.05) is 0 Å². The molecule has 120 valence electrons. The third kappa shape index (κ3) is 2.80. The number of hydrogen-bond donors (Lipinski definition) is 0. The summed E-state index contributed by atoms with van der Waals surface area (Å²) in [6.07, 6.45) is 0. The predicted molar refractivity (Wildman–Crippen MR) is 94.4 cm³/mol. The maximum absolute atomic E-state index is 5.77. The second-order valence-corrected chi connectivity index (χ2v) is 6.51. The van der Waals surface area contributed by atoms with Crippen molar-refractivity contribution in [2.24, 2.45) is 0 Å². The first kappa shape index (κ1) is 15.0. The van der Waals surface area contributed by atoms with E-state index >= 15 is 0 Å². The molecule has 0 aliphatic heterocycles. The van der Waals surface area contributed by atoms with Crippen LogP contribution in [-0.2, 0) is 5.75 Å². The van der Waals surface area contributed by atoms with Gasteiger partial charge in [0.2, 0.25) is 5.89 Å². The summed E-state index contributed by atoms with van der Waals surface area (Å²) in [5, 5.41) is 9.35. The number of benzene rings is 2. The molecule has 2 heterocycles. The van der Waals surface area contributed by atoms with Gasteiger partial charge in [-0.25, -0.2) is 4.98 Å². The van der Waals surface area contributed by atoms with Crippen LogP contribution in [-0.4, -0.2) is 19.7 Å².